The van der Waals surface area contributed by atoms with Crippen LogP contribution in [0.2, 0.25) is 0 Å². The lowest BCUT2D eigenvalue weighted by Gasteiger charge is -2.38. The molecule has 0 saturated carbocycles. The molecule has 0 spiro atoms. The van der Waals surface area contributed by atoms with Crippen molar-refractivity contribution < 1.29 is 0 Å². The van der Waals surface area contributed by atoms with E-state index < -0.39 is 0 Å². The topological polar surface area (TPSA) is 158 Å². The Morgan fingerprint density at radius 3 is 2.71 bits per heavy atom. The molecule has 1 unspecified atom stereocenters. The number of rotatable bonds is 3. The molecule has 144 valence electrons. The van der Waals surface area contributed by atoms with E-state index in [4.69, 9.17) is 16.7 Å². The largest absolute Gasteiger partial charge is 0.385 e. The summed E-state index contributed by atoms with van der Waals surface area (Å²) in [4.78, 5) is 20.4. The molecule has 10 heteroatoms. The predicted octanol–water partition coefficient (Wildman–Crippen LogP) is 1.09. The van der Waals surface area contributed by atoms with Crippen molar-refractivity contribution in [2.24, 2.45) is 5.92 Å². The minimum atomic E-state index is -0.266. The Hall–Kier alpha value is -3.74. The second kappa shape index (κ2) is 6.77. The summed E-state index contributed by atoms with van der Waals surface area (Å²) in [6.07, 6.45) is 2.58. The number of nitrogens with one attached hydrogen (secondary N) is 2. The average molecular weight is 379 g/mol. The van der Waals surface area contributed by atoms with Gasteiger partial charge in [0.15, 0.2) is 11.5 Å². The molecule has 4 heterocycles. The van der Waals surface area contributed by atoms with Crippen LogP contribution in [0, 0.1) is 17.2 Å². The average Bonchev–Trinajstić information content (AvgIpc) is 3.24. The van der Waals surface area contributed by atoms with Crippen LogP contribution in [-0.2, 0) is 0 Å². The van der Waals surface area contributed by atoms with Gasteiger partial charge in [0.1, 0.15) is 17.7 Å². The lowest BCUT2D eigenvalue weighted by atomic mass is 9.92. The SMILES string of the molecule is C[C@@H]1CCN(c2ccc(C#N)nn2)CC1n1c(-c2cc[nH]c2N)c(N)[nH]c1=O. The number of nitrogens with zero attached hydrogens (tertiary/aromatic N) is 5. The maximum atomic E-state index is 12.7. The number of aromatic amines is 2. The molecule has 1 aliphatic rings. The monoisotopic (exact) mass is 379 g/mol. The minimum Gasteiger partial charge on any atom is -0.385 e. The van der Waals surface area contributed by atoms with Crippen molar-refractivity contribution in [3.8, 4) is 17.3 Å². The molecular weight excluding hydrogens is 358 g/mol. The van der Waals surface area contributed by atoms with Crippen LogP contribution in [0.1, 0.15) is 25.1 Å². The molecule has 1 saturated heterocycles. The molecule has 1 aliphatic heterocycles. The van der Waals surface area contributed by atoms with E-state index in [1.165, 1.54) is 0 Å². The van der Waals surface area contributed by atoms with E-state index in [0.29, 0.717) is 35.3 Å². The molecule has 10 nitrogen and oxygen atoms in total. The van der Waals surface area contributed by atoms with Crippen molar-refractivity contribution in [2.45, 2.75) is 19.4 Å². The number of nitrogens with two attached hydrogens (primary N) is 2. The lowest BCUT2D eigenvalue weighted by molar-refractivity contribution is 0.295. The van der Waals surface area contributed by atoms with Crippen LogP contribution in [0.5, 0.6) is 0 Å². The number of imidazole rings is 1. The van der Waals surface area contributed by atoms with Crippen molar-refractivity contribution >= 4 is 17.5 Å². The Kier molecular flexibility index (Phi) is 4.27. The maximum Gasteiger partial charge on any atom is 0.327 e. The normalized spacial score (nSPS) is 19.5. The van der Waals surface area contributed by atoms with Crippen LogP contribution in [0.15, 0.2) is 29.2 Å². The van der Waals surface area contributed by atoms with Crippen LogP contribution in [0.4, 0.5) is 17.5 Å². The standard InChI is InChI=1S/C18H21N9O/c1-10-5-7-26(14-3-2-11(8-19)24-25-14)9-13(10)27-15(17(21)23-18(27)28)12-4-6-22-16(12)20/h2-4,6,10,13,22H,5,7,9,20-21H2,1H3,(H,23,28)/t10-,13?/m1/s1. The van der Waals surface area contributed by atoms with Gasteiger partial charge in [-0.15, -0.1) is 10.2 Å². The zero-order valence-corrected chi connectivity index (χ0v) is 15.4. The van der Waals surface area contributed by atoms with E-state index in [-0.39, 0.29) is 23.3 Å². The zero-order chi connectivity index (χ0) is 19.8. The first-order valence-electron chi connectivity index (χ1n) is 9.01. The number of nitrogen functional groups attached to an aromatic ring is 2. The highest BCUT2D eigenvalue weighted by molar-refractivity contribution is 5.79. The van der Waals surface area contributed by atoms with E-state index in [2.05, 4.69) is 32.0 Å². The van der Waals surface area contributed by atoms with Gasteiger partial charge in [-0.05, 0) is 30.5 Å². The van der Waals surface area contributed by atoms with Gasteiger partial charge in [0.2, 0.25) is 0 Å². The van der Waals surface area contributed by atoms with Gasteiger partial charge in [-0.3, -0.25) is 9.55 Å². The molecule has 6 N–H and O–H groups in total. The van der Waals surface area contributed by atoms with E-state index in [0.717, 1.165) is 13.0 Å². The summed E-state index contributed by atoms with van der Waals surface area (Å²) in [5.41, 5.74) is 13.4. The third-order valence-electron chi connectivity index (χ3n) is 5.33. The van der Waals surface area contributed by atoms with Gasteiger partial charge >= 0.3 is 5.69 Å². The molecule has 4 rings (SSSR count). The second-order valence-electron chi connectivity index (χ2n) is 7.04. The number of nitriles is 1. The third kappa shape index (κ3) is 2.87. The fraction of sp³-hybridized carbons (Fsp3) is 0.333. The summed E-state index contributed by atoms with van der Waals surface area (Å²) in [6, 6.07) is 7.06. The van der Waals surface area contributed by atoms with Crippen molar-refractivity contribution in [3.63, 3.8) is 0 Å². The zero-order valence-electron chi connectivity index (χ0n) is 15.4. The van der Waals surface area contributed by atoms with Crippen LogP contribution in [-0.4, -0.2) is 37.8 Å². The molecule has 0 aromatic carbocycles. The number of hydrogen-bond donors (Lipinski definition) is 4. The van der Waals surface area contributed by atoms with Gasteiger partial charge in [0, 0.05) is 24.8 Å². The fourth-order valence-electron chi connectivity index (χ4n) is 3.79. The van der Waals surface area contributed by atoms with E-state index in [1.54, 1.807) is 22.9 Å². The van der Waals surface area contributed by atoms with Crippen LogP contribution in [0.3, 0.4) is 0 Å². The van der Waals surface area contributed by atoms with Crippen LogP contribution < -0.4 is 22.1 Å². The molecule has 0 radical (unpaired) electrons. The Balaban J connectivity index is 1.73. The summed E-state index contributed by atoms with van der Waals surface area (Å²) >= 11 is 0. The molecule has 0 bridgehead atoms. The van der Waals surface area contributed by atoms with Crippen molar-refractivity contribution in [1.29, 1.82) is 5.26 Å². The van der Waals surface area contributed by atoms with Crippen molar-refractivity contribution in [2.75, 3.05) is 29.5 Å². The summed E-state index contributed by atoms with van der Waals surface area (Å²) in [7, 11) is 0. The van der Waals surface area contributed by atoms with Crippen LogP contribution >= 0.6 is 0 Å². The number of hydrogen-bond acceptors (Lipinski definition) is 7. The molecule has 0 aliphatic carbocycles. The molecule has 2 atom stereocenters. The smallest absolute Gasteiger partial charge is 0.327 e. The highest BCUT2D eigenvalue weighted by atomic mass is 16.1. The van der Waals surface area contributed by atoms with E-state index in [1.807, 2.05) is 12.1 Å². The number of anilines is 3. The van der Waals surface area contributed by atoms with Gasteiger partial charge in [0.05, 0.1) is 11.7 Å². The van der Waals surface area contributed by atoms with Crippen LogP contribution in [0.25, 0.3) is 11.3 Å². The molecule has 1 fully saturated rings. The molecule has 3 aromatic rings. The van der Waals surface area contributed by atoms with Gasteiger partial charge in [-0.2, -0.15) is 5.26 Å². The second-order valence-corrected chi connectivity index (χ2v) is 7.04. The van der Waals surface area contributed by atoms with Gasteiger partial charge in [0.25, 0.3) is 0 Å². The first-order valence-corrected chi connectivity index (χ1v) is 9.01. The van der Waals surface area contributed by atoms with Gasteiger partial charge in [-0.1, -0.05) is 6.92 Å². The summed E-state index contributed by atoms with van der Waals surface area (Å²) in [6.45, 7) is 3.47. The Morgan fingerprint density at radius 1 is 1.25 bits per heavy atom. The number of H-pyrrole nitrogens is 2. The van der Waals surface area contributed by atoms with E-state index >= 15 is 0 Å². The first kappa shape index (κ1) is 17.7. The Bertz CT molecular complexity index is 1090. The number of aromatic nitrogens is 5. The first-order chi connectivity index (χ1) is 13.5. The number of piperidine rings is 1. The fourth-order valence-corrected chi connectivity index (χ4v) is 3.79. The Labute approximate surface area is 160 Å². The molecule has 3 aromatic heterocycles. The molecule has 28 heavy (non-hydrogen) atoms. The summed E-state index contributed by atoms with van der Waals surface area (Å²) < 4.78 is 1.70. The Morgan fingerprint density at radius 2 is 2.07 bits per heavy atom. The summed E-state index contributed by atoms with van der Waals surface area (Å²) in [5, 5.41) is 17.0. The van der Waals surface area contributed by atoms with Gasteiger partial charge < -0.3 is 21.4 Å². The maximum absolute atomic E-state index is 12.7. The highest BCUT2D eigenvalue weighted by Gasteiger charge is 2.32. The molecular formula is C18H21N9O. The van der Waals surface area contributed by atoms with Crippen molar-refractivity contribution in [1.82, 2.24) is 24.7 Å². The summed E-state index contributed by atoms with van der Waals surface area (Å²) in [5.74, 6) is 1.67. The third-order valence-corrected chi connectivity index (χ3v) is 5.33. The van der Waals surface area contributed by atoms with Gasteiger partial charge in [-0.25, -0.2) is 4.79 Å². The highest BCUT2D eigenvalue weighted by Crippen LogP contribution is 2.35. The quantitative estimate of drug-likeness (QED) is 0.530. The van der Waals surface area contributed by atoms with Crippen molar-refractivity contribution in [3.05, 3.63) is 40.6 Å². The molecule has 0 amide bonds. The predicted molar refractivity (Wildman–Crippen MR) is 105 cm³/mol. The minimum absolute atomic E-state index is 0.128. The lowest BCUT2D eigenvalue weighted by Crippen LogP contribution is -2.44. The van der Waals surface area contributed by atoms with E-state index in [9.17, 15) is 4.79 Å².